The first-order valence-corrected chi connectivity index (χ1v) is 8.32. The number of hydrogen-bond acceptors (Lipinski definition) is 0. The van der Waals surface area contributed by atoms with Crippen molar-refractivity contribution in [1.29, 1.82) is 0 Å². The van der Waals surface area contributed by atoms with Gasteiger partial charge in [-0.05, 0) is 36.5 Å². The monoisotopic (exact) mass is 310 g/mol. The molecule has 1 aromatic carbocycles. The van der Waals surface area contributed by atoms with Crippen molar-refractivity contribution in [3.63, 3.8) is 0 Å². The summed E-state index contributed by atoms with van der Waals surface area (Å²) in [6.07, 6.45) is 10.9. The summed E-state index contributed by atoms with van der Waals surface area (Å²) in [4.78, 5) is 0. The van der Waals surface area contributed by atoms with Crippen molar-refractivity contribution in [2.75, 3.05) is 0 Å². The minimum atomic E-state index is 0.763. The van der Waals surface area contributed by atoms with E-state index in [9.17, 15) is 0 Å². The van der Waals surface area contributed by atoms with Crippen LogP contribution >= 0.6 is 15.9 Å². The maximum Gasteiger partial charge on any atom is 0.0178 e. The average molecular weight is 311 g/mol. The van der Waals surface area contributed by atoms with E-state index in [4.69, 9.17) is 0 Å². The lowest BCUT2D eigenvalue weighted by Crippen LogP contribution is -1.99. The Morgan fingerprint density at radius 1 is 0.944 bits per heavy atom. The first-order chi connectivity index (χ1) is 8.77. The van der Waals surface area contributed by atoms with E-state index in [1.807, 2.05) is 0 Å². The van der Waals surface area contributed by atoms with Crippen molar-refractivity contribution in [3.8, 4) is 0 Å². The Labute approximate surface area is 121 Å². The molecule has 0 aliphatic rings. The van der Waals surface area contributed by atoms with Gasteiger partial charge in [-0.3, -0.25) is 0 Å². The lowest BCUT2D eigenvalue weighted by atomic mass is 9.89. The van der Waals surface area contributed by atoms with E-state index in [0.29, 0.717) is 0 Å². The zero-order chi connectivity index (χ0) is 13.2. The molecule has 0 heterocycles. The Bertz CT molecular complexity index is 319. The second-order valence-corrected chi connectivity index (χ2v) is 6.16. The maximum atomic E-state index is 3.59. The van der Waals surface area contributed by atoms with E-state index in [1.54, 1.807) is 0 Å². The lowest BCUT2D eigenvalue weighted by Gasteiger charge is -2.17. The van der Waals surface area contributed by atoms with Crippen LogP contribution in [0.2, 0.25) is 0 Å². The van der Waals surface area contributed by atoms with Crippen LogP contribution in [-0.2, 0) is 0 Å². The molecule has 1 heteroatoms. The molecule has 18 heavy (non-hydrogen) atoms. The Morgan fingerprint density at radius 3 is 2.33 bits per heavy atom. The summed E-state index contributed by atoms with van der Waals surface area (Å²) in [5.41, 5.74) is 1.52. The van der Waals surface area contributed by atoms with Crippen LogP contribution in [0.5, 0.6) is 0 Å². The van der Waals surface area contributed by atoms with Gasteiger partial charge in [0.05, 0.1) is 0 Å². The second kappa shape index (κ2) is 9.61. The molecule has 0 nitrogen and oxygen atoms in total. The molecular weight excluding hydrogens is 284 g/mol. The van der Waals surface area contributed by atoms with Gasteiger partial charge in [-0.2, -0.15) is 0 Å². The number of hydrogen-bond donors (Lipinski definition) is 0. The third-order valence-corrected chi connectivity index (χ3v) is 4.13. The quantitative estimate of drug-likeness (QED) is 0.445. The van der Waals surface area contributed by atoms with E-state index in [2.05, 4.69) is 54.0 Å². The van der Waals surface area contributed by atoms with Crippen LogP contribution in [0.15, 0.2) is 28.7 Å². The molecule has 0 aliphatic heterocycles. The molecule has 0 radical (unpaired) electrons. The Morgan fingerprint density at radius 2 is 1.67 bits per heavy atom. The summed E-state index contributed by atoms with van der Waals surface area (Å²) < 4.78 is 1.22. The van der Waals surface area contributed by atoms with Crippen LogP contribution in [0.3, 0.4) is 0 Å². The van der Waals surface area contributed by atoms with Crippen LogP contribution in [0, 0.1) is 0 Å². The Hall–Kier alpha value is -0.300. The standard InChI is InChI=1S/C17H27Br/c1-3-5-7-8-11-15(10-6-4-2)16-12-9-13-17(18)14-16/h9,12-15H,3-8,10-11H2,1-2H3. The molecule has 0 N–H and O–H groups in total. The predicted molar refractivity (Wildman–Crippen MR) is 85.2 cm³/mol. The molecule has 0 aliphatic carbocycles. The zero-order valence-electron chi connectivity index (χ0n) is 11.9. The van der Waals surface area contributed by atoms with Gasteiger partial charge < -0.3 is 0 Å². The van der Waals surface area contributed by atoms with Crippen LogP contribution in [0.1, 0.15) is 76.7 Å². The minimum absolute atomic E-state index is 0.763. The largest absolute Gasteiger partial charge is 0.0654 e. The summed E-state index contributed by atoms with van der Waals surface area (Å²) in [7, 11) is 0. The summed E-state index contributed by atoms with van der Waals surface area (Å²) in [6, 6.07) is 8.90. The van der Waals surface area contributed by atoms with Crippen molar-refractivity contribution in [2.45, 2.75) is 71.1 Å². The fraction of sp³-hybridized carbons (Fsp3) is 0.647. The van der Waals surface area contributed by atoms with Gasteiger partial charge in [0.1, 0.15) is 0 Å². The highest BCUT2D eigenvalue weighted by Gasteiger charge is 2.11. The number of rotatable bonds is 9. The van der Waals surface area contributed by atoms with E-state index in [0.717, 1.165) is 5.92 Å². The van der Waals surface area contributed by atoms with Gasteiger partial charge in [-0.1, -0.05) is 80.4 Å². The van der Waals surface area contributed by atoms with E-state index in [1.165, 1.54) is 61.4 Å². The van der Waals surface area contributed by atoms with Gasteiger partial charge in [0, 0.05) is 4.47 Å². The fourth-order valence-corrected chi connectivity index (χ4v) is 2.92. The van der Waals surface area contributed by atoms with E-state index in [-0.39, 0.29) is 0 Å². The molecule has 0 fully saturated rings. The van der Waals surface area contributed by atoms with Gasteiger partial charge in [-0.15, -0.1) is 0 Å². The first-order valence-electron chi connectivity index (χ1n) is 7.53. The fourth-order valence-electron chi connectivity index (χ4n) is 2.51. The van der Waals surface area contributed by atoms with Crippen molar-refractivity contribution in [2.24, 2.45) is 0 Å². The molecule has 0 saturated carbocycles. The van der Waals surface area contributed by atoms with Gasteiger partial charge in [0.2, 0.25) is 0 Å². The summed E-state index contributed by atoms with van der Waals surface area (Å²) >= 11 is 3.59. The number of halogens is 1. The molecule has 1 atom stereocenters. The number of unbranched alkanes of at least 4 members (excludes halogenated alkanes) is 4. The molecule has 0 aromatic heterocycles. The van der Waals surface area contributed by atoms with Gasteiger partial charge >= 0.3 is 0 Å². The SMILES string of the molecule is CCCCCCC(CCCC)c1cccc(Br)c1. The highest BCUT2D eigenvalue weighted by molar-refractivity contribution is 9.10. The number of benzene rings is 1. The smallest absolute Gasteiger partial charge is 0.0178 e. The molecule has 1 aromatic rings. The second-order valence-electron chi connectivity index (χ2n) is 5.24. The molecule has 102 valence electrons. The van der Waals surface area contributed by atoms with Crippen LogP contribution < -0.4 is 0 Å². The molecule has 0 bridgehead atoms. The van der Waals surface area contributed by atoms with Gasteiger partial charge in [0.15, 0.2) is 0 Å². The van der Waals surface area contributed by atoms with E-state index < -0.39 is 0 Å². The third kappa shape index (κ3) is 6.04. The van der Waals surface area contributed by atoms with Gasteiger partial charge in [0.25, 0.3) is 0 Å². The zero-order valence-corrected chi connectivity index (χ0v) is 13.5. The van der Waals surface area contributed by atoms with E-state index >= 15 is 0 Å². The maximum absolute atomic E-state index is 3.59. The molecular formula is C17H27Br. The molecule has 0 saturated heterocycles. The van der Waals surface area contributed by atoms with Crippen LogP contribution in [0.25, 0.3) is 0 Å². The Balaban J connectivity index is 2.54. The normalized spacial score (nSPS) is 12.6. The van der Waals surface area contributed by atoms with Gasteiger partial charge in [-0.25, -0.2) is 0 Å². The average Bonchev–Trinajstić information content (AvgIpc) is 2.38. The minimum Gasteiger partial charge on any atom is -0.0654 e. The summed E-state index contributed by atoms with van der Waals surface area (Å²) in [5, 5.41) is 0. The lowest BCUT2D eigenvalue weighted by molar-refractivity contribution is 0.508. The molecule has 0 amide bonds. The van der Waals surface area contributed by atoms with Crippen LogP contribution in [0.4, 0.5) is 0 Å². The predicted octanol–water partition coefficient (Wildman–Crippen LogP) is 6.69. The van der Waals surface area contributed by atoms with Crippen molar-refractivity contribution in [3.05, 3.63) is 34.3 Å². The summed E-state index contributed by atoms with van der Waals surface area (Å²) in [6.45, 7) is 4.57. The van der Waals surface area contributed by atoms with Crippen molar-refractivity contribution >= 4 is 15.9 Å². The summed E-state index contributed by atoms with van der Waals surface area (Å²) in [5.74, 6) is 0.763. The topological polar surface area (TPSA) is 0 Å². The molecule has 1 unspecified atom stereocenters. The molecule has 0 spiro atoms. The molecule has 1 rings (SSSR count). The first kappa shape index (κ1) is 15.8. The van der Waals surface area contributed by atoms with Crippen LogP contribution in [-0.4, -0.2) is 0 Å². The highest BCUT2D eigenvalue weighted by atomic mass is 79.9. The van der Waals surface area contributed by atoms with Crippen molar-refractivity contribution < 1.29 is 0 Å². The van der Waals surface area contributed by atoms with Crippen molar-refractivity contribution in [1.82, 2.24) is 0 Å². The third-order valence-electron chi connectivity index (χ3n) is 3.63. The Kier molecular flexibility index (Phi) is 8.41. The highest BCUT2D eigenvalue weighted by Crippen LogP contribution is 2.29.